The Morgan fingerprint density at radius 2 is 2.24 bits per heavy atom. The number of carbonyl (C=O) groups excluding carboxylic acids is 1. The molecule has 134 valence electrons. The number of ether oxygens (including phenoxy) is 1. The van der Waals surface area contributed by atoms with Crippen LogP contribution in [0.15, 0.2) is 35.6 Å². The van der Waals surface area contributed by atoms with Crippen molar-refractivity contribution in [2.45, 2.75) is 32.4 Å². The fourth-order valence-electron chi connectivity index (χ4n) is 2.91. The standard InChI is InChI=1S/C17H24N6O2/c1-2-25-17(24)22-9-6-13(7-10-22)21-16(18)19-11-14-12-23-8-4-3-5-15(23)20-14/h3-5,8,12-13H,2,6-7,9-11H2,1H3,(H3,18,19,21). The number of fused-ring (bicyclic) bond motifs is 1. The molecule has 3 rings (SSSR count). The number of nitrogens with two attached hydrogens (primary N) is 1. The molecule has 0 spiro atoms. The Morgan fingerprint density at radius 3 is 2.96 bits per heavy atom. The number of nitrogens with one attached hydrogen (secondary N) is 1. The van der Waals surface area contributed by atoms with Crippen LogP contribution in [0.5, 0.6) is 0 Å². The number of rotatable bonds is 4. The van der Waals surface area contributed by atoms with Crippen molar-refractivity contribution in [3.8, 4) is 0 Å². The normalized spacial score (nSPS) is 16.2. The van der Waals surface area contributed by atoms with Crippen LogP contribution in [0, 0.1) is 0 Å². The summed E-state index contributed by atoms with van der Waals surface area (Å²) < 4.78 is 6.98. The van der Waals surface area contributed by atoms with Crippen molar-refractivity contribution in [2.24, 2.45) is 10.7 Å². The van der Waals surface area contributed by atoms with Gasteiger partial charge < -0.3 is 25.1 Å². The SMILES string of the molecule is CCOC(=O)N1CCC(NC(N)=NCc2cn3ccccc3n2)CC1. The summed E-state index contributed by atoms with van der Waals surface area (Å²) in [7, 11) is 0. The zero-order chi connectivity index (χ0) is 17.6. The van der Waals surface area contributed by atoms with Gasteiger partial charge in [0.1, 0.15) is 5.65 Å². The fourth-order valence-corrected chi connectivity index (χ4v) is 2.91. The van der Waals surface area contributed by atoms with Crippen LogP contribution in [-0.2, 0) is 11.3 Å². The third kappa shape index (κ3) is 4.40. The van der Waals surface area contributed by atoms with Gasteiger partial charge in [-0.15, -0.1) is 0 Å². The predicted octanol–water partition coefficient (Wildman–Crippen LogP) is 1.36. The fraction of sp³-hybridized carbons (Fsp3) is 0.471. The molecule has 8 nitrogen and oxygen atoms in total. The highest BCUT2D eigenvalue weighted by Gasteiger charge is 2.23. The molecule has 0 aromatic carbocycles. The number of carbonyl (C=O) groups is 1. The average molecular weight is 344 g/mol. The minimum absolute atomic E-state index is 0.218. The predicted molar refractivity (Wildman–Crippen MR) is 95.3 cm³/mol. The van der Waals surface area contributed by atoms with E-state index in [2.05, 4.69) is 15.3 Å². The molecule has 1 aliphatic rings. The van der Waals surface area contributed by atoms with E-state index in [9.17, 15) is 4.79 Å². The number of guanidine groups is 1. The lowest BCUT2D eigenvalue weighted by atomic mass is 10.1. The number of hydrogen-bond acceptors (Lipinski definition) is 4. The van der Waals surface area contributed by atoms with E-state index in [1.165, 1.54) is 0 Å². The van der Waals surface area contributed by atoms with Gasteiger partial charge in [-0.25, -0.2) is 14.8 Å². The van der Waals surface area contributed by atoms with E-state index < -0.39 is 0 Å². The summed E-state index contributed by atoms with van der Waals surface area (Å²) in [5.41, 5.74) is 7.75. The van der Waals surface area contributed by atoms with Crippen LogP contribution >= 0.6 is 0 Å². The highest BCUT2D eigenvalue weighted by molar-refractivity contribution is 5.78. The smallest absolute Gasteiger partial charge is 0.409 e. The Bertz CT molecular complexity index is 715. The van der Waals surface area contributed by atoms with Gasteiger partial charge in [-0.05, 0) is 31.9 Å². The van der Waals surface area contributed by atoms with Gasteiger partial charge in [-0.3, -0.25) is 0 Å². The van der Waals surface area contributed by atoms with Gasteiger partial charge in [-0.1, -0.05) is 6.07 Å². The van der Waals surface area contributed by atoms with Crippen molar-refractivity contribution in [2.75, 3.05) is 19.7 Å². The zero-order valence-corrected chi connectivity index (χ0v) is 14.4. The van der Waals surface area contributed by atoms with Crippen LogP contribution in [0.1, 0.15) is 25.5 Å². The van der Waals surface area contributed by atoms with Gasteiger partial charge in [0.15, 0.2) is 5.96 Å². The number of amides is 1. The molecule has 0 bridgehead atoms. The number of nitrogens with zero attached hydrogens (tertiary/aromatic N) is 4. The molecule has 2 aromatic heterocycles. The van der Waals surface area contributed by atoms with Crippen LogP contribution in [0.3, 0.4) is 0 Å². The lowest BCUT2D eigenvalue weighted by Gasteiger charge is -2.31. The van der Waals surface area contributed by atoms with Crippen molar-refractivity contribution in [1.82, 2.24) is 19.6 Å². The van der Waals surface area contributed by atoms with Crippen molar-refractivity contribution in [3.63, 3.8) is 0 Å². The first-order chi connectivity index (χ1) is 12.2. The molecule has 1 amide bonds. The lowest BCUT2D eigenvalue weighted by molar-refractivity contribution is 0.0963. The highest BCUT2D eigenvalue weighted by atomic mass is 16.6. The van der Waals surface area contributed by atoms with Crippen LogP contribution in [-0.4, -0.2) is 52.1 Å². The first kappa shape index (κ1) is 17.1. The van der Waals surface area contributed by atoms with E-state index in [0.29, 0.717) is 32.2 Å². The van der Waals surface area contributed by atoms with Crippen LogP contribution in [0.2, 0.25) is 0 Å². The molecular weight excluding hydrogens is 320 g/mol. The van der Waals surface area contributed by atoms with Crippen LogP contribution in [0.25, 0.3) is 5.65 Å². The molecule has 0 unspecified atom stereocenters. The molecule has 8 heteroatoms. The second-order valence-electron chi connectivity index (χ2n) is 6.00. The van der Waals surface area contributed by atoms with Crippen molar-refractivity contribution in [3.05, 3.63) is 36.3 Å². The highest BCUT2D eigenvalue weighted by Crippen LogP contribution is 2.11. The number of aromatic nitrogens is 2. The molecule has 0 aliphatic carbocycles. The largest absolute Gasteiger partial charge is 0.450 e. The summed E-state index contributed by atoms with van der Waals surface area (Å²) in [6, 6.07) is 6.08. The number of likely N-dealkylation sites (tertiary alicyclic amines) is 1. The summed E-state index contributed by atoms with van der Waals surface area (Å²) in [6.07, 6.45) is 5.31. The van der Waals surface area contributed by atoms with E-state index in [4.69, 9.17) is 10.5 Å². The summed E-state index contributed by atoms with van der Waals surface area (Å²) >= 11 is 0. The third-order valence-corrected chi connectivity index (χ3v) is 4.20. The quantitative estimate of drug-likeness (QED) is 0.645. The number of aliphatic imine (C=N–C) groups is 1. The number of hydrogen-bond donors (Lipinski definition) is 2. The molecule has 2 aromatic rings. The second kappa shape index (κ2) is 7.87. The van der Waals surface area contributed by atoms with E-state index in [0.717, 1.165) is 24.2 Å². The van der Waals surface area contributed by atoms with Crippen molar-refractivity contribution >= 4 is 17.7 Å². The molecule has 0 radical (unpaired) electrons. The van der Waals surface area contributed by atoms with Gasteiger partial charge in [-0.2, -0.15) is 0 Å². The maximum absolute atomic E-state index is 11.7. The summed E-state index contributed by atoms with van der Waals surface area (Å²) in [6.45, 7) is 3.97. The minimum Gasteiger partial charge on any atom is -0.450 e. The Hall–Kier alpha value is -2.77. The topological polar surface area (TPSA) is 97.2 Å². The molecule has 3 N–H and O–H groups in total. The first-order valence-corrected chi connectivity index (χ1v) is 8.56. The third-order valence-electron chi connectivity index (χ3n) is 4.20. The molecule has 1 fully saturated rings. The number of imidazole rings is 1. The molecular formula is C17H24N6O2. The average Bonchev–Trinajstić information content (AvgIpc) is 3.04. The Labute approximate surface area is 146 Å². The van der Waals surface area contributed by atoms with Gasteiger partial charge in [0.2, 0.25) is 0 Å². The monoisotopic (exact) mass is 344 g/mol. The maximum Gasteiger partial charge on any atom is 0.409 e. The van der Waals surface area contributed by atoms with Crippen LogP contribution < -0.4 is 11.1 Å². The summed E-state index contributed by atoms with van der Waals surface area (Å²) in [5, 5.41) is 3.23. The molecule has 3 heterocycles. The zero-order valence-electron chi connectivity index (χ0n) is 14.4. The minimum atomic E-state index is -0.241. The Balaban J connectivity index is 1.48. The molecule has 25 heavy (non-hydrogen) atoms. The number of pyridine rings is 1. The van der Waals surface area contributed by atoms with E-state index >= 15 is 0 Å². The first-order valence-electron chi connectivity index (χ1n) is 8.56. The van der Waals surface area contributed by atoms with Gasteiger partial charge in [0.05, 0.1) is 18.8 Å². The molecule has 1 saturated heterocycles. The van der Waals surface area contributed by atoms with Gasteiger partial charge in [0, 0.05) is 31.5 Å². The lowest BCUT2D eigenvalue weighted by Crippen LogP contribution is -2.48. The summed E-state index contributed by atoms with van der Waals surface area (Å²) in [4.78, 5) is 22.3. The molecule has 0 atom stereocenters. The van der Waals surface area contributed by atoms with Gasteiger partial charge in [0.25, 0.3) is 0 Å². The van der Waals surface area contributed by atoms with Crippen LogP contribution in [0.4, 0.5) is 4.79 Å². The van der Waals surface area contributed by atoms with Gasteiger partial charge >= 0.3 is 6.09 Å². The van der Waals surface area contributed by atoms with E-state index in [1.54, 1.807) is 4.90 Å². The van der Waals surface area contributed by atoms with Crippen molar-refractivity contribution < 1.29 is 9.53 Å². The van der Waals surface area contributed by atoms with E-state index in [1.807, 2.05) is 41.9 Å². The van der Waals surface area contributed by atoms with Crippen molar-refractivity contribution in [1.29, 1.82) is 0 Å². The second-order valence-corrected chi connectivity index (χ2v) is 6.00. The number of piperidine rings is 1. The van der Waals surface area contributed by atoms with E-state index in [-0.39, 0.29) is 12.1 Å². The maximum atomic E-state index is 11.7. The Kier molecular flexibility index (Phi) is 5.37. The molecule has 0 saturated carbocycles. The Morgan fingerprint density at radius 1 is 1.44 bits per heavy atom. The molecule has 1 aliphatic heterocycles. The summed E-state index contributed by atoms with van der Waals surface area (Å²) in [5.74, 6) is 0.409.